The zero-order valence-electron chi connectivity index (χ0n) is 12.1. The number of fused-ring (bicyclic) bond motifs is 2. The van der Waals surface area contributed by atoms with Gasteiger partial charge in [0.05, 0.1) is 17.8 Å². The van der Waals surface area contributed by atoms with Gasteiger partial charge in [-0.05, 0) is 25.2 Å². The van der Waals surface area contributed by atoms with E-state index in [1.54, 1.807) is 4.90 Å². The number of carbonyl (C=O) groups excluding carboxylic acids is 1. The average Bonchev–Trinajstić information content (AvgIpc) is 2.98. The van der Waals surface area contributed by atoms with Gasteiger partial charge in [-0.3, -0.25) is 9.59 Å². The molecule has 1 fully saturated rings. The lowest BCUT2D eigenvalue weighted by Crippen LogP contribution is -2.33. The first-order valence-corrected chi connectivity index (χ1v) is 7.60. The summed E-state index contributed by atoms with van der Waals surface area (Å²) >= 11 is 0. The average molecular weight is 286 g/mol. The van der Waals surface area contributed by atoms with E-state index in [1.807, 2.05) is 13.0 Å². The Morgan fingerprint density at radius 2 is 2.19 bits per heavy atom. The van der Waals surface area contributed by atoms with Crippen molar-refractivity contribution in [3.63, 3.8) is 0 Å². The van der Waals surface area contributed by atoms with E-state index >= 15 is 0 Å². The number of amides is 1. The van der Waals surface area contributed by atoms with Crippen molar-refractivity contribution in [1.82, 2.24) is 19.5 Å². The number of hydrogen-bond donors (Lipinski definition) is 1. The van der Waals surface area contributed by atoms with E-state index in [4.69, 9.17) is 0 Å². The fourth-order valence-corrected chi connectivity index (χ4v) is 3.17. The van der Waals surface area contributed by atoms with Gasteiger partial charge in [0, 0.05) is 12.6 Å². The van der Waals surface area contributed by atoms with Crippen LogP contribution in [0.5, 0.6) is 0 Å². The predicted octanol–water partition coefficient (Wildman–Crippen LogP) is 1.34. The summed E-state index contributed by atoms with van der Waals surface area (Å²) in [7, 11) is 0. The van der Waals surface area contributed by atoms with E-state index < -0.39 is 0 Å². The maximum atomic E-state index is 12.5. The molecule has 1 N–H and O–H groups in total. The Labute approximate surface area is 121 Å². The van der Waals surface area contributed by atoms with Gasteiger partial charge in [0.2, 0.25) is 0 Å². The van der Waals surface area contributed by atoms with E-state index in [1.165, 1.54) is 23.8 Å². The number of nitrogens with one attached hydrogen (secondary N) is 1. The van der Waals surface area contributed by atoms with Gasteiger partial charge in [-0.1, -0.05) is 13.3 Å². The zero-order valence-corrected chi connectivity index (χ0v) is 12.1. The van der Waals surface area contributed by atoms with E-state index in [0.29, 0.717) is 29.4 Å². The molecule has 2 aliphatic rings. The van der Waals surface area contributed by atoms with Crippen LogP contribution in [0.4, 0.5) is 0 Å². The van der Waals surface area contributed by atoms with Crippen molar-refractivity contribution >= 4 is 11.6 Å². The maximum absolute atomic E-state index is 12.5. The highest BCUT2D eigenvalue weighted by Gasteiger charge is 2.34. The minimum atomic E-state index is -0.164. The van der Waals surface area contributed by atoms with Crippen LogP contribution in [0.15, 0.2) is 10.9 Å². The largest absolute Gasteiger partial charge is 0.335 e. The number of rotatable bonds is 3. The molecule has 3 heterocycles. The fraction of sp³-hybridized carbons (Fsp3) is 0.533. The van der Waals surface area contributed by atoms with Crippen LogP contribution in [0, 0.1) is 5.92 Å². The van der Waals surface area contributed by atoms with Gasteiger partial charge < -0.3 is 9.88 Å². The molecule has 1 aliphatic carbocycles. The molecule has 1 amide bonds. The third-order valence-electron chi connectivity index (χ3n) is 4.68. The summed E-state index contributed by atoms with van der Waals surface area (Å²) < 4.78 is 1.39. The monoisotopic (exact) mass is 286 g/mol. The van der Waals surface area contributed by atoms with E-state index in [0.717, 1.165) is 18.7 Å². The standard InChI is InChI=1S/C15H18N4O2/c1-2-10-6-12-16-13-11(14(20)19(12)17-10)8-18(15(13)21)7-9-4-3-5-9/h6,9,16H,2-5,7-8H2,1H3. The quantitative estimate of drug-likeness (QED) is 0.925. The second-order valence-corrected chi connectivity index (χ2v) is 6.05. The van der Waals surface area contributed by atoms with Gasteiger partial charge in [-0.15, -0.1) is 0 Å². The Balaban J connectivity index is 1.75. The molecule has 0 radical (unpaired) electrons. The number of aromatic nitrogens is 3. The molecular formula is C15H18N4O2. The van der Waals surface area contributed by atoms with Gasteiger partial charge in [0.15, 0.2) is 0 Å². The molecule has 0 bridgehead atoms. The van der Waals surface area contributed by atoms with Crippen molar-refractivity contribution in [3.05, 3.63) is 33.4 Å². The molecule has 2 aromatic heterocycles. The van der Waals surface area contributed by atoms with Crippen molar-refractivity contribution < 1.29 is 4.79 Å². The molecular weight excluding hydrogens is 268 g/mol. The van der Waals surface area contributed by atoms with Crippen LogP contribution in [-0.4, -0.2) is 31.9 Å². The van der Waals surface area contributed by atoms with Gasteiger partial charge in [0.25, 0.3) is 11.5 Å². The first kappa shape index (κ1) is 12.6. The minimum Gasteiger partial charge on any atom is -0.335 e. The van der Waals surface area contributed by atoms with Crippen LogP contribution in [0.3, 0.4) is 0 Å². The van der Waals surface area contributed by atoms with Gasteiger partial charge in [-0.2, -0.15) is 9.61 Å². The number of aryl methyl sites for hydroxylation is 1. The Hall–Kier alpha value is -2.11. The van der Waals surface area contributed by atoms with Crippen LogP contribution >= 0.6 is 0 Å². The smallest absolute Gasteiger partial charge is 0.280 e. The summed E-state index contributed by atoms with van der Waals surface area (Å²) in [5, 5.41) is 4.29. The summed E-state index contributed by atoms with van der Waals surface area (Å²) in [6.07, 6.45) is 4.40. The molecule has 0 aromatic carbocycles. The molecule has 110 valence electrons. The zero-order chi connectivity index (χ0) is 14.6. The molecule has 1 saturated carbocycles. The van der Waals surface area contributed by atoms with Gasteiger partial charge in [-0.25, -0.2) is 0 Å². The molecule has 0 saturated heterocycles. The summed E-state index contributed by atoms with van der Waals surface area (Å²) in [4.78, 5) is 29.9. The van der Waals surface area contributed by atoms with E-state index in [9.17, 15) is 9.59 Å². The van der Waals surface area contributed by atoms with E-state index in [2.05, 4.69) is 10.1 Å². The summed E-state index contributed by atoms with van der Waals surface area (Å²) in [5.74, 6) is 0.560. The summed E-state index contributed by atoms with van der Waals surface area (Å²) in [5.41, 5.74) is 2.30. The Bertz CT molecular complexity index is 785. The maximum Gasteiger partial charge on any atom is 0.280 e. The topological polar surface area (TPSA) is 70.5 Å². The lowest BCUT2D eigenvalue weighted by molar-refractivity contribution is 0.0716. The summed E-state index contributed by atoms with van der Waals surface area (Å²) in [6, 6.07) is 1.84. The van der Waals surface area contributed by atoms with Crippen LogP contribution < -0.4 is 5.56 Å². The molecule has 4 rings (SSSR count). The van der Waals surface area contributed by atoms with Crippen LogP contribution in [-0.2, 0) is 13.0 Å². The Morgan fingerprint density at radius 1 is 1.38 bits per heavy atom. The molecule has 2 aromatic rings. The van der Waals surface area contributed by atoms with E-state index in [-0.39, 0.29) is 11.5 Å². The van der Waals surface area contributed by atoms with Crippen LogP contribution in [0.1, 0.15) is 47.9 Å². The highest BCUT2D eigenvalue weighted by Crippen LogP contribution is 2.29. The first-order chi connectivity index (χ1) is 10.2. The number of carbonyl (C=O) groups is 1. The second-order valence-electron chi connectivity index (χ2n) is 6.05. The van der Waals surface area contributed by atoms with Gasteiger partial charge in [0.1, 0.15) is 11.3 Å². The normalized spacial score (nSPS) is 18.3. The Kier molecular flexibility index (Phi) is 2.67. The molecule has 0 atom stereocenters. The third-order valence-corrected chi connectivity index (χ3v) is 4.68. The van der Waals surface area contributed by atoms with Crippen LogP contribution in [0.2, 0.25) is 0 Å². The number of nitrogens with zero attached hydrogens (tertiary/aromatic N) is 3. The second kappa shape index (κ2) is 4.44. The fourth-order valence-electron chi connectivity index (χ4n) is 3.17. The minimum absolute atomic E-state index is 0.0456. The van der Waals surface area contributed by atoms with Crippen molar-refractivity contribution in [1.29, 1.82) is 0 Å². The van der Waals surface area contributed by atoms with Crippen molar-refractivity contribution in [2.75, 3.05) is 6.54 Å². The molecule has 6 heteroatoms. The molecule has 6 nitrogen and oxygen atoms in total. The Morgan fingerprint density at radius 3 is 2.86 bits per heavy atom. The molecule has 0 spiro atoms. The lowest BCUT2D eigenvalue weighted by atomic mass is 9.85. The lowest BCUT2D eigenvalue weighted by Gasteiger charge is -2.29. The number of H-pyrrole nitrogens is 1. The van der Waals surface area contributed by atoms with Crippen molar-refractivity contribution in [2.24, 2.45) is 5.92 Å². The molecule has 0 unspecified atom stereocenters. The van der Waals surface area contributed by atoms with Crippen molar-refractivity contribution in [3.8, 4) is 0 Å². The molecule has 21 heavy (non-hydrogen) atoms. The SMILES string of the molecule is CCc1cc2[nH]c3c(c(=O)n2n1)CN(CC1CCC1)C3=O. The highest BCUT2D eigenvalue weighted by molar-refractivity contribution is 5.96. The predicted molar refractivity (Wildman–Crippen MR) is 77.3 cm³/mol. The number of hydrogen-bond acceptors (Lipinski definition) is 3. The van der Waals surface area contributed by atoms with Crippen molar-refractivity contribution in [2.45, 2.75) is 39.2 Å². The molecule has 1 aliphatic heterocycles. The summed E-state index contributed by atoms with van der Waals surface area (Å²) in [6.45, 7) is 3.17. The highest BCUT2D eigenvalue weighted by atomic mass is 16.2. The number of aromatic amines is 1. The van der Waals surface area contributed by atoms with Gasteiger partial charge >= 0.3 is 0 Å². The first-order valence-electron chi connectivity index (χ1n) is 7.60. The third kappa shape index (κ3) is 1.81. The van der Waals surface area contributed by atoms with Crippen LogP contribution in [0.25, 0.3) is 5.65 Å².